The van der Waals surface area contributed by atoms with Gasteiger partial charge in [-0.05, 0) is 57.1 Å². The minimum atomic E-state index is 0.541. The van der Waals surface area contributed by atoms with E-state index in [1.165, 1.54) is 41.3 Å². The van der Waals surface area contributed by atoms with Crippen LogP contribution in [0.3, 0.4) is 0 Å². The van der Waals surface area contributed by atoms with Crippen LogP contribution in [0.25, 0.3) is 0 Å². The molecule has 1 aliphatic rings. The molecule has 0 unspecified atom stereocenters. The predicted molar refractivity (Wildman–Crippen MR) is 79.3 cm³/mol. The zero-order valence-corrected chi connectivity index (χ0v) is 12.8. The summed E-state index contributed by atoms with van der Waals surface area (Å²) >= 11 is 2.08. The first-order valence-electron chi connectivity index (χ1n) is 6.90. The second kappa shape index (κ2) is 6.11. The van der Waals surface area contributed by atoms with Gasteiger partial charge in [-0.3, -0.25) is 4.68 Å². The molecule has 0 aromatic carbocycles. The largest absolute Gasteiger partial charge is 0.311 e. The van der Waals surface area contributed by atoms with Gasteiger partial charge < -0.3 is 5.32 Å². The van der Waals surface area contributed by atoms with Gasteiger partial charge in [0.05, 0.1) is 5.69 Å². The fraction of sp³-hybridized carbons (Fsp3) is 0.786. The molecule has 1 saturated heterocycles. The standard InChI is InChI=1S/C14H25N3S/c1-10(15-13-5-7-18-8-6-13)9-14-11(2)16-17(4)12(14)3/h10,13,15H,5-9H2,1-4H3/t10-/m1/s1. The van der Waals surface area contributed by atoms with Crippen LogP contribution in [-0.4, -0.2) is 33.4 Å². The molecule has 18 heavy (non-hydrogen) atoms. The maximum Gasteiger partial charge on any atom is 0.0628 e. The van der Waals surface area contributed by atoms with Crippen molar-refractivity contribution in [3.8, 4) is 0 Å². The van der Waals surface area contributed by atoms with Crippen LogP contribution >= 0.6 is 11.8 Å². The van der Waals surface area contributed by atoms with Crippen molar-refractivity contribution in [1.82, 2.24) is 15.1 Å². The van der Waals surface area contributed by atoms with Gasteiger partial charge in [-0.1, -0.05) is 0 Å². The summed E-state index contributed by atoms with van der Waals surface area (Å²) in [5, 5.41) is 8.28. The highest BCUT2D eigenvalue weighted by Gasteiger charge is 2.18. The van der Waals surface area contributed by atoms with E-state index in [-0.39, 0.29) is 0 Å². The number of aryl methyl sites for hydroxylation is 2. The lowest BCUT2D eigenvalue weighted by Gasteiger charge is -2.26. The maximum atomic E-state index is 4.50. The molecule has 1 N–H and O–H groups in total. The van der Waals surface area contributed by atoms with E-state index in [1.807, 2.05) is 11.7 Å². The Hall–Kier alpha value is -0.480. The number of aromatic nitrogens is 2. The Labute approximate surface area is 115 Å². The molecular formula is C14H25N3S. The van der Waals surface area contributed by atoms with E-state index >= 15 is 0 Å². The predicted octanol–water partition coefficient (Wildman–Crippen LogP) is 2.45. The Morgan fingerprint density at radius 3 is 2.61 bits per heavy atom. The van der Waals surface area contributed by atoms with Gasteiger partial charge in [0.25, 0.3) is 0 Å². The van der Waals surface area contributed by atoms with E-state index in [9.17, 15) is 0 Å². The monoisotopic (exact) mass is 267 g/mol. The molecule has 4 heteroatoms. The van der Waals surface area contributed by atoms with Gasteiger partial charge >= 0.3 is 0 Å². The summed E-state index contributed by atoms with van der Waals surface area (Å²) in [5.74, 6) is 2.63. The van der Waals surface area contributed by atoms with E-state index in [2.05, 4.69) is 42.9 Å². The molecule has 1 fully saturated rings. The van der Waals surface area contributed by atoms with Crippen LogP contribution in [0.5, 0.6) is 0 Å². The van der Waals surface area contributed by atoms with Gasteiger partial charge in [0.2, 0.25) is 0 Å². The third-order valence-electron chi connectivity index (χ3n) is 3.91. The summed E-state index contributed by atoms with van der Waals surface area (Å²) in [6.07, 6.45) is 3.73. The number of hydrogen-bond acceptors (Lipinski definition) is 3. The zero-order valence-electron chi connectivity index (χ0n) is 12.0. The lowest BCUT2D eigenvalue weighted by molar-refractivity contribution is 0.420. The van der Waals surface area contributed by atoms with Gasteiger partial charge in [-0.2, -0.15) is 16.9 Å². The summed E-state index contributed by atoms with van der Waals surface area (Å²) in [6.45, 7) is 6.58. The van der Waals surface area contributed by atoms with Crippen LogP contribution < -0.4 is 5.32 Å². The normalized spacial score (nSPS) is 19.1. The van der Waals surface area contributed by atoms with Crippen molar-refractivity contribution < 1.29 is 0 Å². The van der Waals surface area contributed by atoms with E-state index in [0.29, 0.717) is 6.04 Å². The SMILES string of the molecule is Cc1nn(C)c(C)c1C[C@@H](C)NC1CCSCC1. The zero-order chi connectivity index (χ0) is 13.1. The van der Waals surface area contributed by atoms with Gasteiger partial charge in [0, 0.05) is 24.8 Å². The van der Waals surface area contributed by atoms with Crippen molar-refractivity contribution in [2.45, 2.75) is 52.1 Å². The third-order valence-corrected chi connectivity index (χ3v) is 4.96. The average Bonchev–Trinajstić information content (AvgIpc) is 2.57. The Morgan fingerprint density at radius 1 is 1.39 bits per heavy atom. The first-order valence-corrected chi connectivity index (χ1v) is 8.06. The van der Waals surface area contributed by atoms with Gasteiger partial charge in [0.15, 0.2) is 0 Å². The van der Waals surface area contributed by atoms with Crippen LogP contribution in [0.1, 0.15) is 36.7 Å². The first kappa shape index (κ1) is 13.9. The molecule has 1 atom stereocenters. The number of hydrogen-bond donors (Lipinski definition) is 1. The molecule has 0 aliphatic carbocycles. The summed E-state index contributed by atoms with van der Waals surface area (Å²) in [6, 6.07) is 1.26. The third kappa shape index (κ3) is 3.29. The fourth-order valence-electron chi connectivity index (χ4n) is 2.74. The topological polar surface area (TPSA) is 29.9 Å². The molecule has 1 aliphatic heterocycles. The molecule has 0 bridgehead atoms. The first-order chi connectivity index (χ1) is 8.58. The number of nitrogens with zero attached hydrogens (tertiary/aromatic N) is 2. The highest BCUT2D eigenvalue weighted by Crippen LogP contribution is 2.19. The highest BCUT2D eigenvalue weighted by molar-refractivity contribution is 7.99. The van der Waals surface area contributed by atoms with E-state index in [0.717, 1.165) is 12.5 Å². The fourth-order valence-corrected chi connectivity index (χ4v) is 3.85. The van der Waals surface area contributed by atoms with Crippen molar-refractivity contribution in [3.05, 3.63) is 17.0 Å². The van der Waals surface area contributed by atoms with Crippen molar-refractivity contribution in [3.63, 3.8) is 0 Å². The molecule has 1 aromatic heterocycles. The van der Waals surface area contributed by atoms with Crippen LogP contribution in [-0.2, 0) is 13.5 Å². The number of rotatable bonds is 4. The maximum absolute atomic E-state index is 4.50. The molecule has 0 saturated carbocycles. The van der Waals surface area contributed by atoms with Gasteiger partial charge in [-0.15, -0.1) is 0 Å². The van der Waals surface area contributed by atoms with E-state index in [4.69, 9.17) is 0 Å². The molecular weight excluding hydrogens is 242 g/mol. The smallest absolute Gasteiger partial charge is 0.0628 e. The van der Waals surface area contributed by atoms with E-state index < -0.39 is 0 Å². The van der Waals surface area contributed by atoms with Gasteiger partial charge in [0.1, 0.15) is 0 Å². The molecule has 0 amide bonds. The minimum absolute atomic E-state index is 0.541. The minimum Gasteiger partial charge on any atom is -0.311 e. The lowest BCUT2D eigenvalue weighted by atomic mass is 10.0. The second-order valence-corrected chi connectivity index (χ2v) is 6.66. The Kier molecular flexibility index (Phi) is 4.73. The number of thioether (sulfide) groups is 1. The van der Waals surface area contributed by atoms with Crippen molar-refractivity contribution in [2.75, 3.05) is 11.5 Å². The lowest BCUT2D eigenvalue weighted by Crippen LogP contribution is -2.40. The molecule has 3 nitrogen and oxygen atoms in total. The molecule has 1 aromatic rings. The van der Waals surface area contributed by atoms with Crippen molar-refractivity contribution in [1.29, 1.82) is 0 Å². The van der Waals surface area contributed by atoms with Crippen LogP contribution in [0.15, 0.2) is 0 Å². The number of nitrogens with one attached hydrogen (secondary N) is 1. The summed E-state index contributed by atoms with van der Waals surface area (Å²) in [5.41, 5.74) is 3.91. The second-order valence-electron chi connectivity index (χ2n) is 5.43. The quantitative estimate of drug-likeness (QED) is 0.909. The average molecular weight is 267 g/mol. The van der Waals surface area contributed by atoms with Crippen LogP contribution in [0.2, 0.25) is 0 Å². The summed E-state index contributed by atoms with van der Waals surface area (Å²) in [4.78, 5) is 0. The highest BCUT2D eigenvalue weighted by atomic mass is 32.2. The molecule has 2 heterocycles. The summed E-state index contributed by atoms with van der Waals surface area (Å²) < 4.78 is 1.99. The Bertz CT molecular complexity index is 394. The van der Waals surface area contributed by atoms with Crippen molar-refractivity contribution >= 4 is 11.8 Å². The van der Waals surface area contributed by atoms with Crippen LogP contribution in [0, 0.1) is 13.8 Å². The van der Waals surface area contributed by atoms with Crippen molar-refractivity contribution in [2.24, 2.45) is 7.05 Å². The van der Waals surface area contributed by atoms with Crippen LogP contribution in [0.4, 0.5) is 0 Å². The molecule has 102 valence electrons. The Morgan fingerprint density at radius 2 is 2.06 bits per heavy atom. The van der Waals surface area contributed by atoms with Gasteiger partial charge in [-0.25, -0.2) is 0 Å². The molecule has 0 spiro atoms. The Balaban J connectivity index is 1.91. The molecule has 2 rings (SSSR count). The summed E-state index contributed by atoms with van der Waals surface area (Å²) in [7, 11) is 2.03. The molecule has 0 radical (unpaired) electrons. The van der Waals surface area contributed by atoms with E-state index in [1.54, 1.807) is 0 Å².